The number of ketones is 1. The number of carbonyl (C=O) groups is 2. The number of rotatable bonds is 9. The van der Waals surface area contributed by atoms with Crippen LogP contribution in [0.2, 0.25) is 0 Å². The van der Waals surface area contributed by atoms with E-state index in [2.05, 4.69) is 28.2 Å². The van der Waals surface area contributed by atoms with Gasteiger partial charge in [0.15, 0.2) is 5.78 Å². The zero-order chi connectivity index (χ0) is 20.5. The predicted molar refractivity (Wildman–Crippen MR) is 116 cm³/mol. The molecule has 6 nitrogen and oxygen atoms in total. The smallest absolute Gasteiger partial charge is 0.251 e. The van der Waals surface area contributed by atoms with Crippen molar-refractivity contribution in [2.24, 2.45) is 10.2 Å². The molecule has 0 aliphatic carbocycles. The van der Waals surface area contributed by atoms with Crippen LogP contribution in [0.1, 0.15) is 30.1 Å². The Hall–Kier alpha value is -2.67. The van der Waals surface area contributed by atoms with Crippen LogP contribution in [0.5, 0.6) is 0 Å². The molecule has 0 saturated heterocycles. The first kappa shape index (κ1) is 21.6. The van der Waals surface area contributed by atoms with Gasteiger partial charge in [0.25, 0.3) is 5.91 Å². The van der Waals surface area contributed by atoms with E-state index in [1.165, 1.54) is 0 Å². The highest BCUT2D eigenvalue weighted by molar-refractivity contribution is 7.80. The Labute approximate surface area is 171 Å². The number of amides is 1. The van der Waals surface area contributed by atoms with E-state index in [4.69, 9.17) is 0 Å². The molecule has 0 fully saturated rings. The van der Waals surface area contributed by atoms with E-state index in [1.54, 1.807) is 24.3 Å². The van der Waals surface area contributed by atoms with Gasteiger partial charge in [-0.15, -0.1) is 0 Å². The van der Waals surface area contributed by atoms with Gasteiger partial charge in [-0.05, 0) is 60.7 Å². The monoisotopic (exact) mass is 398 g/mol. The molecule has 0 spiro atoms. The second kappa shape index (κ2) is 10.6. The number of azo groups is 1. The lowest BCUT2D eigenvalue weighted by Crippen LogP contribution is -2.40. The van der Waals surface area contributed by atoms with Crippen molar-refractivity contribution < 1.29 is 9.59 Å². The lowest BCUT2D eigenvalue weighted by atomic mass is 10.1. The highest BCUT2D eigenvalue weighted by atomic mass is 32.1. The number of hydrogen-bond donors (Lipinski definition) is 2. The number of carbonyl (C=O) groups excluding carboxylic acids is 2. The summed E-state index contributed by atoms with van der Waals surface area (Å²) in [6, 6.07) is 14.1. The quantitative estimate of drug-likeness (QED) is 0.480. The Kier molecular flexibility index (Phi) is 8.19. The van der Waals surface area contributed by atoms with Crippen LogP contribution >= 0.6 is 12.6 Å². The Morgan fingerprint density at radius 2 is 1.54 bits per heavy atom. The molecule has 1 unspecified atom stereocenters. The number of anilines is 1. The largest absolute Gasteiger partial charge is 0.378 e. The summed E-state index contributed by atoms with van der Waals surface area (Å²) in [6.07, 6.45) is 0.897. The van der Waals surface area contributed by atoms with E-state index in [-0.39, 0.29) is 11.7 Å². The van der Waals surface area contributed by atoms with Crippen LogP contribution in [0.3, 0.4) is 0 Å². The number of nitrogens with one attached hydrogen (secondary N) is 1. The summed E-state index contributed by atoms with van der Waals surface area (Å²) in [6.45, 7) is 1.87. The molecule has 0 saturated carbocycles. The van der Waals surface area contributed by atoms with Gasteiger partial charge < -0.3 is 10.2 Å². The fourth-order valence-electron chi connectivity index (χ4n) is 2.55. The molecule has 0 aliphatic heterocycles. The molecular weight excluding hydrogens is 372 g/mol. The summed E-state index contributed by atoms with van der Waals surface area (Å²) in [4.78, 5) is 26.4. The molecule has 1 amide bonds. The molecule has 2 aromatic rings. The minimum absolute atomic E-state index is 0.00319. The Morgan fingerprint density at radius 1 is 1.00 bits per heavy atom. The molecule has 7 heteroatoms. The topological polar surface area (TPSA) is 74.1 Å². The molecule has 148 valence electrons. The standard InChI is InChI=1S/C21H26N4O2S/c1-4-19(20(26)13-14-28)22-21(27)15-5-7-16(8-6-15)23-24-17-9-11-18(12-10-17)25(2)3/h5-12,19,28H,4,13-14H2,1-3H3,(H,22,27). The van der Waals surface area contributed by atoms with Crippen LogP contribution in [-0.2, 0) is 4.79 Å². The number of benzene rings is 2. The van der Waals surface area contributed by atoms with E-state index in [1.807, 2.05) is 50.2 Å². The Balaban J connectivity index is 2.00. The highest BCUT2D eigenvalue weighted by Crippen LogP contribution is 2.21. The maximum absolute atomic E-state index is 12.4. The molecule has 1 atom stereocenters. The van der Waals surface area contributed by atoms with Crippen LogP contribution in [-0.4, -0.2) is 37.6 Å². The zero-order valence-electron chi connectivity index (χ0n) is 16.4. The molecule has 0 bridgehead atoms. The van der Waals surface area contributed by atoms with Gasteiger partial charge in [-0.2, -0.15) is 22.9 Å². The third-order valence-electron chi connectivity index (χ3n) is 4.24. The lowest BCUT2D eigenvalue weighted by Gasteiger charge is -2.15. The number of Topliss-reactive ketones (excluding diaryl/α,β-unsaturated/α-hetero) is 1. The summed E-state index contributed by atoms with van der Waals surface area (Å²) in [5.74, 6) is 0.196. The molecule has 28 heavy (non-hydrogen) atoms. The van der Waals surface area contributed by atoms with E-state index < -0.39 is 6.04 Å². The molecule has 0 heterocycles. The molecule has 0 aromatic heterocycles. The van der Waals surface area contributed by atoms with Crippen molar-refractivity contribution in [1.29, 1.82) is 0 Å². The van der Waals surface area contributed by atoms with Gasteiger partial charge in [0.05, 0.1) is 17.4 Å². The van der Waals surface area contributed by atoms with E-state index in [0.29, 0.717) is 29.8 Å². The molecule has 2 rings (SSSR count). The first-order valence-electron chi connectivity index (χ1n) is 9.18. The van der Waals surface area contributed by atoms with Crippen molar-refractivity contribution in [1.82, 2.24) is 5.32 Å². The predicted octanol–water partition coefficient (Wildman–Crippen LogP) is 4.57. The van der Waals surface area contributed by atoms with Crippen molar-refractivity contribution in [2.45, 2.75) is 25.8 Å². The minimum atomic E-state index is -0.482. The first-order valence-corrected chi connectivity index (χ1v) is 9.81. The Morgan fingerprint density at radius 3 is 2.00 bits per heavy atom. The third-order valence-corrected chi connectivity index (χ3v) is 4.46. The normalized spacial score (nSPS) is 12.0. The van der Waals surface area contributed by atoms with Crippen LogP contribution in [0.15, 0.2) is 58.8 Å². The molecule has 2 aromatic carbocycles. The van der Waals surface area contributed by atoms with Crippen molar-refractivity contribution in [2.75, 3.05) is 24.7 Å². The van der Waals surface area contributed by atoms with Crippen molar-refractivity contribution >= 4 is 41.4 Å². The SMILES string of the molecule is CCC(NC(=O)c1ccc(N=Nc2ccc(N(C)C)cc2)cc1)C(=O)CCS. The average molecular weight is 399 g/mol. The maximum Gasteiger partial charge on any atom is 0.251 e. The zero-order valence-corrected chi connectivity index (χ0v) is 17.3. The molecule has 0 radical (unpaired) electrons. The fourth-order valence-corrected chi connectivity index (χ4v) is 2.77. The van der Waals surface area contributed by atoms with Crippen LogP contribution in [0.25, 0.3) is 0 Å². The van der Waals surface area contributed by atoms with Gasteiger partial charge in [0.1, 0.15) is 0 Å². The van der Waals surface area contributed by atoms with Crippen molar-refractivity contribution in [3.05, 3.63) is 54.1 Å². The fraction of sp³-hybridized carbons (Fsp3) is 0.333. The van der Waals surface area contributed by atoms with Gasteiger partial charge in [0, 0.05) is 31.8 Å². The van der Waals surface area contributed by atoms with Crippen molar-refractivity contribution in [3.8, 4) is 0 Å². The van der Waals surface area contributed by atoms with Crippen LogP contribution < -0.4 is 10.2 Å². The summed E-state index contributed by atoms with van der Waals surface area (Å²) in [5, 5.41) is 11.2. The maximum atomic E-state index is 12.4. The van der Waals surface area contributed by atoms with E-state index >= 15 is 0 Å². The molecule has 0 aliphatic rings. The number of nitrogens with zero attached hydrogens (tertiary/aromatic N) is 3. The van der Waals surface area contributed by atoms with Crippen molar-refractivity contribution in [3.63, 3.8) is 0 Å². The lowest BCUT2D eigenvalue weighted by molar-refractivity contribution is -0.120. The highest BCUT2D eigenvalue weighted by Gasteiger charge is 2.18. The van der Waals surface area contributed by atoms with Gasteiger partial charge >= 0.3 is 0 Å². The molecule has 1 N–H and O–H groups in total. The van der Waals surface area contributed by atoms with E-state index in [9.17, 15) is 9.59 Å². The number of thiol groups is 1. The van der Waals surface area contributed by atoms with Gasteiger partial charge in [-0.25, -0.2) is 0 Å². The average Bonchev–Trinajstić information content (AvgIpc) is 2.71. The van der Waals surface area contributed by atoms with Gasteiger partial charge in [-0.1, -0.05) is 6.92 Å². The summed E-state index contributed by atoms with van der Waals surface area (Å²) < 4.78 is 0. The molecular formula is C21H26N4O2S. The van der Waals surface area contributed by atoms with E-state index in [0.717, 1.165) is 11.4 Å². The van der Waals surface area contributed by atoms with Gasteiger partial charge in [-0.3, -0.25) is 9.59 Å². The summed E-state index contributed by atoms with van der Waals surface area (Å²) >= 11 is 4.07. The summed E-state index contributed by atoms with van der Waals surface area (Å²) in [7, 11) is 3.96. The Bertz CT molecular complexity index is 817. The van der Waals surface area contributed by atoms with Crippen LogP contribution in [0.4, 0.5) is 17.1 Å². The first-order chi connectivity index (χ1) is 13.4. The third kappa shape index (κ3) is 6.20. The van der Waals surface area contributed by atoms with Gasteiger partial charge in [0.2, 0.25) is 0 Å². The minimum Gasteiger partial charge on any atom is -0.378 e. The summed E-state index contributed by atoms with van der Waals surface area (Å²) in [5.41, 5.74) is 2.96. The van der Waals surface area contributed by atoms with Crippen LogP contribution in [0, 0.1) is 0 Å². The second-order valence-corrected chi connectivity index (χ2v) is 6.98. The number of hydrogen-bond acceptors (Lipinski definition) is 6. The second-order valence-electron chi connectivity index (χ2n) is 6.53.